The molecule has 2 aromatic rings. The quantitative estimate of drug-likeness (QED) is 0.795. The van der Waals surface area contributed by atoms with Gasteiger partial charge in [0, 0.05) is 4.90 Å². The Bertz CT molecular complexity index is 533. The molecule has 0 bridgehead atoms. The summed E-state index contributed by atoms with van der Waals surface area (Å²) < 4.78 is 17.4. The van der Waals surface area contributed by atoms with E-state index in [1.165, 1.54) is 0 Å². The summed E-state index contributed by atoms with van der Waals surface area (Å²) in [5.41, 5.74) is 1.14. The SMILES string of the molecule is CSc1ccc(OS(=O)c2ccc(C)cc2)cc1. The minimum Gasteiger partial charge on any atom is -0.397 e. The van der Waals surface area contributed by atoms with Gasteiger partial charge in [0.1, 0.15) is 5.75 Å². The summed E-state index contributed by atoms with van der Waals surface area (Å²) in [6.07, 6.45) is 2.01. The molecular weight excluding hydrogens is 264 g/mol. The van der Waals surface area contributed by atoms with E-state index < -0.39 is 11.1 Å². The maximum atomic E-state index is 12.0. The molecule has 0 heterocycles. The number of hydrogen-bond donors (Lipinski definition) is 0. The van der Waals surface area contributed by atoms with Crippen molar-refractivity contribution in [1.82, 2.24) is 0 Å². The molecule has 18 heavy (non-hydrogen) atoms. The van der Waals surface area contributed by atoms with Crippen LogP contribution < -0.4 is 4.18 Å². The third kappa shape index (κ3) is 3.37. The zero-order valence-corrected chi connectivity index (χ0v) is 11.9. The van der Waals surface area contributed by atoms with E-state index in [1.54, 1.807) is 11.8 Å². The van der Waals surface area contributed by atoms with E-state index in [9.17, 15) is 4.21 Å². The molecule has 0 spiro atoms. The summed E-state index contributed by atoms with van der Waals surface area (Å²) in [5, 5.41) is 0. The summed E-state index contributed by atoms with van der Waals surface area (Å²) in [4.78, 5) is 1.83. The van der Waals surface area contributed by atoms with Crippen LogP contribution in [-0.4, -0.2) is 10.5 Å². The van der Waals surface area contributed by atoms with Crippen LogP contribution in [0.1, 0.15) is 5.56 Å². The fourth-order valence-electron chi connectivity index (χ4n) is 1.42. The van der Waals surface area contributed by atoms with E-state index in [2.05, 4.69) is 0 Å². The monoisotopic (exact) mass is 278 g/mol. The van der Waals surface area contributed by atoms with Crippen molar-refractivity contribution >= 4 is 22.8 Å². The van der Waals surface area contributed by atoms with E-state index in [-0.39, 0.29) is 0 Å². The van der Waals surface area contributed by atoms with Gasteiger partial charge in [0.15, 0.2) is 0 Å². The summed E-state index contributed by atoms with van der Waals surface area (Å²) in [6.45, 7) is 1.99. The molecule has 0 radical (unpaired) electrons. The predicted molar refractivity (Wildman–Crippen MR) is 76.4 cm³/mol. The molecule has 94 valence electrons. The van der Waals surface area contributed by atoms with Crippen molar-refractivity contribution in [2.45, 2.75) is 16.7 Å². The molecule has 0 aliphatic heterocycles. The maximum absolute atomic E-state index is 12.0. The molecule has 0 saturated heterocycles. The number of aryl methyl sites for hydroxylation is 1. The highest BCUT2D eigenvalue weighted by molar-refractivity contribution is 7.98. The van der Waals surface area contributed by atoms with E-state index in [0.717, 1.165) is 10.5 Å². The first-order valence-corrected chi connectivity index (χ1v) is 7.80. The Hall–Kier alpha value is -1.26. The third-order valence-corrected chi connectivity index (χ3v) is 4.19. The van der Waals surface area contributed by atoms with Gasteiger partial charge in [-0.05, 0) is 49.6 Å². The third-order valence-electron chi connectivity index (χ3n) is 2.44. The van der Waals surface area contributed by atoms with Crippen molar-refractivity contribution < 1.29 is 8.39 Å². The molecular formula is C14H14O2S2. The van der Waals surface area contributed by atoms with Crippen LogP contribution in [-0.2, 0) is 11.1 Å². The van der Waals surface area contributed by atoms with Crippen molar-refractivity contribution in [3.8, 4) is 5.75 Å². The van der Waals surface area contributed by atoms with Gasteiger partial charge in [-0.15, -0.1) is 11.8 Å². The van der Waals surface area contributed by atoms with Crippen LogP contribution in [0.4, 0.5) is 0 Å². The number of thioether (sulfide) groups is 1. The highest BCUT2D eigenvalue weighted by Gasteiger charge is 2.06. The Morgan fingerprint density at radius 1 is 1.00 bits per heavy atom. The van der Waals surface area contributed by atoms with Gasteiger partial charge in [0.25, 0.3) is 0 Å². The molecule has 0 aromatic heterocycles. The van der Waals surface area contributed by atoms with E-state index >= 15 is 0 Å². The van der Waals surface area contributed by atoms with Gasteiger partial charge in [-0.3, -0.25) is 0 Å². The molecule has 2 nitrogen and oxygen atoms in total. The Morgan fingerprint density at radius 2 is 1.61 bits per heavy atom. The Kier molecular flexibility index (Phi) is 4.44. The van der Waals surface area contributed by atoms with Crippen LogP contribution >= 0.6 is 11.8 Å². The van der Waals surface area contributed by atoms with E-state index in [0.29, 0.717) is 10.6 Å². The van der Waals surface area contributed by atoms with Gasteiger partial charge in [-0.2, -0.15) is 0 Å². The molecule has 0 fully saturated rings. The smallest absolute Gasteiger partial charge is 0.240 e. The highest BCUT2D eigenvalue weighted by Crippen LogP contribution is 2.21. The average molecular weight is 278 g/mol. The van der Waals surface area contributed by atoms with Crippen LogP contribution in [0.3, 0.4) is 0 Å². The maximum Gasteiger partial charge on any atom is 0.240 e. The van der Waals surface area contributed by atoms with Crippen molar-refractivity contribution in [1.29, 1.82) is 0 Å². The van der Waals surface area contributed by atoms with Crippen LogP contribution in [0.25, 0.3) is 0 Å². The fourth-order valence-corrected chi connectivity index (χ4v) is 2.56. The van der Waals surface area contributed by atoms with Gasteiger partial charge in [-0.25, -0.2) is 4.21 Å². The van der Waals surface area contributed by atoms with E-state index in [1.807, 2.05) is 61.7 Å². The number of hydrogen-bond acceptors (Lipinski definition) is 3. The zero-order chi connectivity index (χ0) is 13.0. The lowest BCUT2D eigenvalue weighted by Crippen LogP contribution is -2.00. The van der Waals surface area contributed by atoms with Crippen molar-refractivity contribution in [2.75, 3.05) is 6.26 Å². The Morgan fingerprint density at radius 3 is 2.17 bits per heavy atom. The zero-order valence-electron chi connectivity index (χ0n) is 10.3. The lowest BCUT2D eigenvalue weighted by Gasteiger charge is -2.05. The Labute approximate surface area is 114 Å². The molecule has 4 heteroatoms. The summed E-state index contributed by atoms with van der Waals surface area (Å²) >= 11 is 0.205. The standard InChI is InChI=1S/C14H14O2S2/c1-11-3-9-14(10-4-11)18(15)16-12-5-7-13(17-2)8-6-12/h3-10H,1-2H3. The number of benzene rings is 2. The molecule has 0 N–H and O–H groups in total. The van der Waals surface area contributed by atoms with Crippen LogP contribution in [0, 0.1) is 6.92 Å². The molecule has 1 atom stereocenters. The first-order chi connectivity index (χ1) is 8.69. The molecule has 0 aliphatic carbocycles. The summed E-state index contributed by atoms with van der Waals surface area (Å²) in [5.74, 6) is 0.617. The second kappa shape index (κ2) is 6.07. The second-order valence-corrected chi connectivity index (χ2v) is 5.79. The lowest BCUT2D eigenvalue weighted by molar-refractivity contribution is 0.561. The van der Waals surface area contributed by atoms with Gasteiger partial charge in [0.2, 0.25) is 11.1 Å². The predicted octanol–water partition coefficient (Wildman–Crippen LogP) is 3.82. The Balaban J connectivity index is 2.08. The van der Waals surface area contributed by atoms with Crippen molar-refractivity contribution in [3.63, 3.8) is 0 Å². The highest BCUT2D eigenvalue weighted by atomic mass is 32.2. The first-order valence-electron chi connectivity index (χ1n) is 5.50. The summed E-state index contributed by atoms with van der Waals surface area (Å²) in [7, 11) is 0. The first kappa shape index (κ1) is 13.2. The van der Waals surface area contributed by atoms with Gasteiger partial charge in [-0.1, -0.05) is 17.7 Å². The minimum atomic E-state index is -1.46. The minimum absolute atomic E-state index is 0.617. The molecule has 0 aliphatic rings. The van der Waals surface area contributed by atoms with Gasteiger partial charge >= 0.3 is 0 Å². The molecule has 0 saturated carbocycles. The number of rotatable bonds is 4. The largest absolute Gasteiger partial charge is 0.397 e. The van der Waals surface area contributed by atoms with Crippen LogP contribution in [0.5, 0.6) is 5.75 Å². The fraction of sp³-hybridized carbons (Fsp3) is 0.143. The lowest BCUT2D eigenvalue weighted by atomic mass is 10.2. The van der Waals surface area contributed by atoms with Crippen LogP contribution in [0.15, 0.2) is 58.3 Å². The van der Waals surface area contributed by atoms with E-state index in [4.69, 9.17) is 4.18 Å². The van der Waals surface area contributed by atoms with Gasteiger partial charge < -0.3 is 4.18 Å². The van der Waals surface area contributed by atoms with Crippen LogP contribution in [0.2, 0.25) is 0 Å². The topological polar surface area (TPSA) is 26.3 Å². The molecule has 2 rings (SSSR count). The van der Waals surface area contributed by atoms with Crippen molar-refractivity contribution in [2.24, 2.45) is 0 Å². The molecule has 2 aromatic carbocycles. The normalized spacial score (nSPS) is 12.1. The second-order valence-electron chi connectivity index (χ2n) is 3.81. The summed E-state index contributed by atoms with van der Waals surface area (Å²) in [6, 6.07) is 15.1. The average Bonchev–Trinajstić information content (AvgIpc) is 2.40. The molecule has 0 amide bonds. The van der Waals surface area contributed by atoms with Crippen molar-refractivity contribution in [3.05, 3.63) is 54.1 Å². The van der Waals surface area contributed by atoms with Gasteiger partial charge in [0.05, 0.1) is 4.90 Å². The molecule has 1 unspecified atom stereocenters.